The highest BCUT2D eigenvalue weighted by molar-refractivity contribution is 5.80. The number of aliphatic imine (C=N–C) groups is 1. The van der Waals surface area contributed by atoms with Crippen molar-refractivity contribution in [2.45, 2.75) is 32.6 Å². The second kappa shape index (κ2) is 11.4. The number of rotatable bonds is 7. The van der Waals surface area contributed by atoms with Crippen LogP contribution in [0.15, 0.2) is 65.7 Å². The Morgan fingerprint density at radius 1 is 1.03 bits per heavy atom. The number of carbonyl (C=O) groups excluding carboxylic acids is 1. The predicted molar refractivity (Wildman–Crippen MR) is 122 cm³/mol. The number of guanidine groups is 1. The molecule has 0 amide bonds. The van der Waals surface area contributed by atoms with Gasteiger partial charge in [-0.1, -0.05) is 60.7 Å². The molecule has 1 N–H and O–H groups in total. The first kappa shape index (κ1) is 21.9. The smallest absolute Gasteiger partial charge is 0.309 e. The van der Waals surface area contributed by atoms with E-state index in [1.54, 1.807) is 0 Å². The molecule has 5 nitrogen and oxygen atoms in total. The van der Waals surface area contributed by atoms with Gasteiger partial charge in [0.25, 0.3) is 0 Å². The Hall–Kier alpha value is -2.82. The van der Waals surface area contributed by atoms with Crippen molar-refractivity contribution in [2.24, 2.45) is 10.9 Å². The molecule has 0 radical (unpaired) electrons. The van der Waals surface area contributed by atoms with Crippen molar-refractivity contribution in [3.05, 3.63) is 71.8 Å². The number of hydrogen-bond acceptors (Lipinski definition) is 3. The maximum Gasteiger partial charge on any atom is 0.309 e. The standard InChI is InChI=1S/C25H33N3O2/c1-3-26-25(28-17-15-22(16-18-28)24(29)30-4-2)27-19-23(20-11-7-5-8-12-20)21-13-9-6-10-14-21/h5-14,22-23H,3-4,15-19H2,1-2H3,(H,26,27). The normalized spacial score (nSPS) is 15.3. The molecule has 0 unspecified atom stereocenters. The van der Waals surface area contributed by atoms with Gasteiger partial charge in [0.15, 0.2) is 5.96 Å². The van der Waals surface area contributed by atoms with Crippen LogP contribution in [0.5, 0.6) is 0 Å². The van der Waals surface area contributed by atoms with E-state index in [9.17, 15) is 4.79 Å². The molecule has 3 rings (SSSR count). The minimum atomic E-state index is -0.0627. The lowest BCUT2D eigenvalue weighted by Gasteiger charge is -2.33. The van der Waals surface area contributed by atoms with Crippen molar-refractivity contribution in [1.82, 2.24) is 10.2 Å². The fourth-order valence-electron chi connectivity index (χ4n) is 3.96. The molecule has 0 spiro atoms. The summed E-state index contributed by atoms with van der Waals surface area (Å²) in [5.41, 5.74) is 2.54. The van der Waals surface area contributed by atoms with Crippen LogP contribution in [0.25, 0.3) is 0 Å². The fraction of sp³-hybridized carbons (Fsp3) is 0.440. The van der Waals surface area contributed by atoms with Gasteiger partial charge in [0.1, 0.15) is 0 Å². The quantitative estimate of drug-likeness (QED) is 0.427. The number of hydrogen-bond donors (Lipinski definition) is 1. The van der Waals surface area contributed by atoms with E-state index in [0.717, 1.165) is 38.4 Å². The van der Waals surface area contributed by atoms with Crippen LogP contribution < -0.4 is 5.32 Å². The lowest BCUT2D eigenvalue weighted by molar-refractivity contribution is -0.149. The van der Waals surface area contributed by atoms with E-state index >= 15 is 0 Å². The van der Waals surface area contributed by atoms with Gasteiger partial charge in [0.2, 0.25) is 0 Å². The van der Waals surface area contributed by atoms with Crippen molar-refractivity contribution >= 4 is 11.9 Å². The van der Waals surface area contributed by atoms with Gasteiger partial charge in [0.05, 0.1) is 19.1 Å². The molecule has 160 valence electrons. The third-order valence-corrected chi connectivity index (χ3v) is 5.58. The summed E-state index contributed by atoms with van der Waals surface area (Å²) in [4.78, 5) is 19.3. The SMILES string of the molecule is CCNC(=NCC(c1ccccc1)c1ccccc1)N1CCC(C(=O)OCC)CC1. The van der Waals surface area contributed by atoms with E-state index in [2.05, 4.69) is 65.7 Å². The van der Waals surface area contributed by atoms with E-state index < -0.39 is 0 Å². The molecule has 5 heteroatoms. The van der Waals surface area contributed by atoms with Gasteiger partial charge in [-0.3, -0.25) is 9.79 Å². The summed E-state index contributed by atoms with van der Waals surface area (Å²) < 4.78 is 5.20. The number of esters is 1. The summed E-state index contributed by atoms with van der Waals surface area (Å²) >= 11 is 0. The molecule has 0 aliphatic carbocycles. The Kier molecular flexibility index (Phi) is 8.30. The molecule has 1 saturated heterocycles. The van der Waals surface area contributed by atoms with Crippen molar-refractivity contribution < 1.29 is 9.53 Å². The summed E-state index contributed by atoms with van der Waals surface area (Å²) in [6, 6.07) is 21.1. The van der Waals surface area contributed by atoms with Gasteiger partial charge in [-0.15, -0.1) is 0 Å². The lowest BCUT2D eigenvalue weighted by Crippen LogP contribution is -2.47. The fourth-order valence-corrected chi connectivity index (χ4v) is 3.96. The summed E-state index contributed by atoms with van der Waals surface area (Å²) in [6.07, 6.45) is 1.62. The highest BCUT2D eigenvalue weighted by Crippen LogP contribution is 2.25. The van der Waals surface area contributed by atoms with Gasteiger partial charge in [-0.05, 0) is 37.8 Å². The van der Waals surface area contributed by atoms with Gasteiger partial charge in [-0.2, -0.15) is 0 Å². The van der Waals surface area contributed by atoms with Crippen molar-refractivity contribution in [1.29, 1.82) is 0 Å². The van der Waals surface area contributed by atoms with Crippen molar-refractivity contribution in [3.8, 4) is 0 Å². The van der Waals surface area contributed by atoms with Crippen molar-refractivity contribution in [3.63, 3.8) is 0 Å². The largest absolute Gasteiger partial charge is 0.466 e. The maximum atomic E-state index is 12.0. The van der Waals surface area contributed by atoms with Gasteiger partial charge in [-0.25, -0.2) is 0 Å². The van der Waals surface area contributed by atoms with Gasteiger partial charge in [0, 0.05) is 25.6 Å². The number of ether oxygens (including phenoxy) is 1. The molecule has 1 heterocycles. The topological polar surface area (TPSA) is 53.9 Å². The summed E-state index contributed by atoms with van der Waals surface area (Å²) in [5, 5.41) is 3.44. The van der Waals surface area contributed by atoms with Crippen LogP contribution in [0.4, 0.5) is 0 Å². The monoisotopic (exact) mass is 407 g/mol. The molecule has 1 aliphatic heterocycles. The molecule has 2 aromatic carbocycles. The highest BCUT2D eigenvalue weighted by atomic mass is 16.5. The first-order valence-corrected chi connectivity index (χ1v) is 11.0. The molecule has 0 atom stereocenters. The molecule has 1 aliphatic rings. The highest BCUT2D eigenvalue weighted by Gasteiger charge is 2.27. The van der Waals surface area contributed by atoms with Crippen LogP contribution in [0.2, 0.25) is 0 Å². The molecular weight excluding hydrogens is 374 g/mol. The number of nitrogens with one attached hydrogen (secondary N) is 1. The van der Waals surface area contributed by atoms with Gasteiger partial charge < -0.3 is 15.0 Å². The van der Waals surface area contributed by atoms with E-state index in [1.807, 2.05) is 19.1 Å². The molecule has 1 fully saturated rings. The van der Waals surface area contributed by atoms with Crippen LogP contribution >= 0.6 is 0 Å². The Balaban J connectivity index is 1.73. The number of benzene rings is 2. The average molecular weight is 408 g/mol. The number of piperidine rings is 1. The molecule has 2 aromatic rings. The van der Waals surface area contributed by atoms with Crippen LogP contribution in [0.1, 0.15) is 43.7 Å². The zero-order chi connectivity index (χ0) is 21.2. The van der Waals surface area contributed by atoms with Crippen LogP contribution in [0, 0.1) is 5.92 Å². The van der Waals surface area contributed by atoms with E-state index in [1.165, 1.54) is 11.1 Å². The van der Waals surface area contributed by atoms with Crippen LogP contribution in [-0.4, -0.2) is 49.6 Å². The second-order valence-corrected chi connectivity index (χ2v) is 7.58. The first-order valence-electron chi connectivity index (χ1n) is 11.0. The molecule has 0 bridgehead atoms. The van der Waals surface area contributed by atoms with Crippen LogP contribution in [0.3, 0.4) is 0 Å². The number of nitrogens with zero attached hydrogens (tertiary/aromatic N) is 2. The first-order chi connectivity index (χ1) is 14.7. The average Bonchev–Trinajstić information content (AvgIpc) is 2.80. The van der Waals surface area contributed by atoms with E-state index in [-0.39, 0.29) is 17.8 Å². The lowest BCUT2D eigenvalue weighted by atomic mass is 9.91. The molecular formula is C25H33N3O2. The predicted octanol–water partition coefficient (Wildman–Crippen LogP) is 4.06. The maximum absolute atomic E-state index is 12.0. The minimum Gasteiger partial charge on any atom is -0.466 e. The summed E-state index contributed by atoms with van der Waals surface area (Å²) in [5.74, 6) is 1.08. The van der Waals surface area contributed by atoms with E-state index in [0.29, 0.717) is 13.2 Å². The van der Waals surface area contributed by atoms with Crippen molar-refractivity contribution in [2.75, 3.05) is 32.8 Å². The third-order valence-electron chi connectivity index (χ3n) is 5.58. The summed E-state index contributed by atoms with van der Waals surface area (Å²) in [6.45, 7) is 7.52. The zero-order valence-corrected chi connectivity index (χ0v) is 18.1. The molecule has 0 saturated carbocycles. The molecule has 30 heavy (non-hydrogen) atoms. The zero-order valence-electron chi connectivity index (χ0n) is 18.1. The summed E-state index contributed by atoms with van der Waals surface area (Å²) in [7, 11) is 0. The third kappa shape index (κ3) is 5.85. The number of likely N-dealkylation sites (tertiary alicyclic amines) is 1. The van der Waals surface area contributed by atoms with Crippen LogP contribution in [-0.2, 0) is 9.53 Å². The minimum absolute atomic E-state index is 0.00506. The number of carbonyl (C=O) groups is 1. The second-order valence-electron chi connectivity index (χ2n) is 7.58. The Labute approximate surface area is 180 Å². The Morgan fingerprint density at radius 3 is 2.10 bits per heavy atom. The Bertz CT molecular complexity index is 760. The van der Waals surface area contributed by atoms with Gasteiger partial charge >= 0.3 is 5.97 Å². The van der Waals surface area contributed by atoms with E-state index in [4.69, 9.17) is 9.73 Å². The Morgan fingerprint density at radius 2 is 1.60 bits per heavy atom. The molecule has 0 aromatic heterocycles.